The molecule has 1 saturated heterocycles. The average molecular weight is 118 g/mol. The lowest BCUT2D eigenvalue weighted by molar-refractivity contribution is -0.139. The van der Waals surface area contributed by atoms with Crippen LogP contribution in [0.3, 0.4) is 0 Å². The van der Waals surface area contributed by atoms with Crippen molar-refractivity contribution < 1.29 is 9.53 Å². The van der Waals surface area contributed by atoms with Crippen LogP contribution < -0.4 is 0 Å². The van der Waals surface area contributed by atoms with Gasteiger partial charge in [-0.25, -0.2) is 0 Å². The van der Waals surface area contributed by atoms with Crippen molar-refractivity contribution in [3.63, 3.8) is 0 Å². The van der Waals surface area contributed by atoms with E-state index in [-0.39, 0.29) is 11.4 Å². The fourth-order valence-corrected chi connectivity index (χ4v) is 1.05. The highest BCUT2D eigenvalue weighted by atomic mass is 32.2. The second kappa shape index (κ2) is 1.74. The first-order valence-electron chi connectivity index (χ1n) is 2.10. The van der Waals surface area contributed by atoms with Crippen molar-refractivity contribution in [1.29, 1.82) is 0 Å². The van der Waals surface area contributed by atoms with Gasteiger partial charge < -0.3 is 4.74 Å². The first-order chi connectivity index (χ1) is 3.29. The zero-order valence-electron chi connectivity index (χ0n) is 4.01. The first kappa shape index (κ1) is 4.97. The maximum Gasteiger partial charge on any atom is 0.317 e. The number of cyclic esters (lactones) is 1. The van der Waals surface area contributed by atoms with E-state index in [9.17, 15) is 4.79 Å². The van der Waals surface area contributed by atoms with Gasteiger partial charge in [-0.05, 0) is 6.92 Å². The lowest BCUT2D eigenvalue weighted by atomic mass is 10.8. The number of carbonyl (C=O) groups excluding carboxylic acids is 1. The number of ether oxygens (including phenoxy) is 1. The molecule has 1 aliphatic rings. The number of carbonyl (C=O) groups is 1. The molecule has 7 heavy (non-hydrogen) atoms. The minimum atomic E-state index is -0.0856. The van der Waals surface area contributed by atoms with E-state index in [0.29, 0.717) is 5.75 Å². The number of hydrogen-bond donors (Lipinski definition) is 0. The average Bonchev–Trinajstić information content (AvgIpc) is 1.87. The molecule has 0 radical (unpaired) electrons. The van der Waals surface area contributed by atoms with Crippen LogP contribution in [0.1, 0.15) is 6.92 Å². The summed E-state index contributed by atoms with van der Waals surface area (Å²) in [5, 5.41) is 0. The molecular formula is C4H6O2S. The maximum atomic E-state index is 10.2. The van der Waals surface area contributed by atoms with Crippen LogP contribution in [0.2, 0.25) is 0 Å². The molecule has 40 valence electrons. The van der Waals surface area contributed by atoms with E-state index in [4.69, 9.17) is 0 Å². The molecule has 1 rings (SSSR count). The molecule has 2 nitrogen and oxygen atoms in total. The molecule has 0 spiro atoms. The van der Waals surface area contributed by atoms with E-state index in [1.807, 2.05) is 6.92 Å². The smallest absolute Gasteiger partial charge is 0.317 e. The van der Waals surface area contributed by atoms with E-state index >= 15 is 0 Å². The van der Waals surface area contributed by atoms with Gasteiger partial charge in [0.25, 0.3) is 0 Å². The SMILES string of the molecule is C[C@H]1OC(=O)CS1. The van der Waals surface area contributed by atoms with Gasteiger partial charge in [0.1, 0.15) is 5.44 Å². The molecular weight excluding hydrogens is 112 g/mol. The monoisotopic (exact) mass is 118 g/mol. The highest BCUT2D eigenvalue weighted by Crippen LogP contribution is 2.18. The minimum absolute atomic E-state index is 0.0856. The Morgan fingerprint density at radius 3 is 2.86 bits per heavy atom. The largest absolute Gasteiger partial charge is 0.451 e. The van der Waals surface area contributed by atoms with E-state index in [0.717, 1.165) is 0 Å². The van der Waals surface area contributed by atoms with Gasteiger partial charge in [-0.2, -0.15) is 0 Å². The summed E-state index contributed by atoms with van der Waals surface area (Å²) in [6.07, 6.45) is 0. The Balaban J connectivity index is 2.40. The van der Waals surface area contributed by atoms with Crippen LogP contribution in [0.5, 0.6) is 0 Å². The summed E-state index contributed by atoms with van der Waals surface area (Å²) in [5.74, 6) is 0.443. The molecule has 0 bridgehead atoms. The highest BCUT2D eigenvalue weighted by molar-refractivity contribution is 8.00. The van der Waals surface area contributed by atoms with Gasteiger partial charge in [0, 0.05) is 0 Å². The third kappa shape index (κ3) is 1.09. The van der Waals surface area contributed by atoms with E-state index in [2.05, 4.69) is 4.74 Å². The molecule has 0 aliphatic carbocycles. The second-order valence-electron chi connectivity index (χ2n) is 1.37. The normalized spacial score (nSPS) is 30.4. The topological polar surface area (TPSA) is 26.3 Å². The molecule has 0 aromatic rings. The van der Waals surface area contributed by atoms with Crippen molar-refractivity contribution in [1.82, 2.24) is 0 Å². The molecule has 3 heteroatoms. The molecule has 0 aromatic carbocycles. The van der Waals surface area contributed by atoms with Gasteiger partial charge >= 0.3 is 5.97 Å². The Kier molecular flexibility index (Phi) is 1.23. The predicted octanol–water partition coefficient (Wildman–Crippen LogP) is 0.622. The fourth-order valence-electron chi connectivity index (χ4n) is 0.439. The van der Waals surface area contributed by atoms with Crippen molar-refractivity contribution in [3.05, 3.63) is 0 Å². The third-order valence-electron chi connectivity index (χ3n) is 0.733. The van der Waals surface area contributed by atoms with Crippen LogP contribution in [0, 0.1) is 0 Å². The van der Waals surface area contributed by atoms with E-state index in [1.165, 1.54) is 11.8 Å². The number of esters is 1. The van der Waals surface area contributed by atoms with Crippen LogP contribution >= 0.6 is 11.8 Å². The van der Waals surface area contributed by atoms with Crippen LogP contribution in [-0.2, 0) is 9.53 Å². The Morgan fingerprint density at radius 1 is 2.00 bits per heavy atom. The molecule has 0 N–H and O–H groups in total. The lowest BCUT2D eigenvalue weighted by Gasteiger charge is -1.94. The molecule has 1 atom stereocenters. The van der Waals surface area contributed by atoms with Crippen LogP contribution in [0.4, 0.5) is 0 Å². The Bertz CT molecular complexity index is 91.7. The van der Waals surface area contributed by atoms with E-state index in [1.54, 1.807) is 0 Å². The molecule has 0 unspecified atom stereocenters. The summed E-state index contributed by atoms with van der Waals surface area (Å²) in [6, 6.07) is 0. The molecule has 0 amide bonds. The highest BCUT2D eigenvalue weighted by Gasteiger charge is 2.18. The summed E-state index contributed by atoms with van der Waals surface area (Å²) < 4.78 is 4.69. The van der Waals surface area contributed by atoms with Crippen molar-refractivity contribution >= 4 is 17.7 Å². The van der Waals surface area contributed by atoms with Gasteiger partial charge in [0.15, 0.2) is 0 Å². The van der Waals surface area contributed by atoms with Crippen molar-refractivity contribution in [2.24, 2.45) is 0 Å². The van der Waals surface area contributed by atoms with Crippen molar-refractivity contribution in [2.45, 2.75) is 12.4 Å². The second-order valence-corrected chi connectivity index (χ2v) is 2.65. The summed E-state index contributed by atoms with van der Waals surface area (Å²) in [7, 11) is 0. The minimum Gasteiger partial charge on any atom is -0.451 e. The van der Waals surface area contributed by atoms with Crippen LogP contribution in [0.15, 0.2) is 0 Å². The summed E-state index contributed by atoms with van der Waals surface area (Å²) >= 11 is 1.53. The Labute approximate surface area is 46.2 Å². The van der Waals surface area contributed by atoms with Gasteiger partial charge in [-0.1, -0.05) is 0 Å². The number of hydrogen-bond acceptors (Lipinski definition) is 3. The molecule has 1 fully saturated rings. The zero-order chi connectivity index (χ0) is 5.28. The summed E-state index contributed by atoms with van der Waals surface area (Å²) in [4.78, 5) is 10.2. The van der Waals surface area contributed by atoms with Gasteiger partial charge in [0.2, 0.25) is 0 Å². The molecule has 0 saturated carbocycles. The summed E-state index contributed by atoms with van der Waals surface area (Å²) in [5.41, 5.74) is 0.0903. The van der Waals surface area contributed by atoms with Gasteiger partial charge in [0.05, 0.1) is 5.75 Å². The number of rotatable bonds is 0. The van der Waals surface area contributed by atoms with Crippen LogP contribution in [0.25, 0.3) is 0 Å². The zero-order valence-corrected chi connectivity index (χ0v) is 4.83. The van der Waals surface area contributed by atoms with E-state index < -0.39 is 0 Å². The predicted molar refractivity (Wildman–Crippen MR) is 28.0 cm³/mol. The Morgan fingerprint density at radius 2 is 2.71 bits per heavy atom. The Hall–Kier alpha value is -0.180. The van der Waals surface area contributed by atoms with Crippen molar-refractivity contribution in [3.8, 4) is 0 Å². The third-order valence-corrected chi connectivity index (χ3v) is 1.70. The van der Waals surface area contributed by atoms with Crippen molar-refractivity contribution in [2.75, 3.05) is 5.75 Å². The maximum absolute atomic E-state index is 10.2. The molecule has 1 heterocycles. The first-order valence-corrected chi connectivity index (χ1v) is 3.15. The molecule has 1 aliphatic heterocycles. The fraction of sp³-hybridized carbons (Fsp3) is 0.750. The number of thioether (sulfide) groups is 1. The van der Waals surface area contributed by atoms with Crippen LogP contribution in [-0.4, -0.2) is 17.2 Å². The quantitative estimate of drug-likeness (QED) is 0.436. The van der Waals surface area contributed by atoms with Gasteiger partial charge in [-0.15, -0.1) is 11.8 Å². The van der Waals surface area contributed by atoms with Gasteiger partial charge in [-0.3, -0.25) is 4.79 Å². The standard InChI is InChI=1S/C4H6O2S/c1-3-6-4(5)2-7-3/h3H,2H2,1H3/t3-/m0/s1. The molecule has 0 aromatic heterocycles. The summed E-state index contributed by atoms with van der Waals surface area (Å²) in [6.45, 7) is 1.87. The lowest BCUT2D eigenvalue weighted by Crippen LogP contribution is -1.99.